The predicted octanol–water partition coefficient (Wildman–Crippen LogP) is 3.59. The van der Waals surface area contributed by atoms with Crippen LogP contribution in [0.1, 0.15) is 11.1 Å². The first-order chi connectivity index (χ1) is 15.2. The SMILES string of the molecule is O=C(/C=C/c1ccc(F)cc1)Nc1cc(N2CCN(Cc3ccccc3)CC2)ncn1. The summed E-state index contributed by atoms with van der Waals surface area (Å²) in [6.45, 7) is 4.56. The van der Waals surface area contributed by atoms with Crippen molar-refractivity contribution in [1.29, 1.82) is 0 Å². The van der Waals surface area contributed by atoms with Crippen molar-refractivity contribution in [2.75, 3.05) is 36.4 Å². The zero-order valence-electron chi connectivity index (χ0n) is 17.1. The fraction of sp³-hybridized carbons (Fsp3) is 0.208. The smallest absolute Gasteiger partial charge is 0.249 e. The zero-order chi connectivity index (χ0) is 21.5. The molecule has 1 saturated heterocycles. The lowest BCUT2D eigenvalue weighted by atomic mass is 10.2. The van der Waals surface area contributed by atoms with Gasteiger partial charge in [-0.25, -0.2) is 14.4 Å². The normalized spacial score (nSPS) is 14.7. The van der Waals surface area contributed by atoms with Crippen LogP contribution in [-0.2, 0) is 11.3 Å². The average molecular weight is 417 g/mol. The highest BCUT2D eigenvalue weighted by molar-refractivity contribution is 6.01. The Morgan fingerprint density at radius 3 is 2.48 bits per heavy atom. The summed E-state index contributed by atoms with van der Waals surface area (Å²) in [4.78, 5) is 25.4. The number of piperazine rings is 1. The number of benzene rings is 2. The highest BCUT2D eigenvalue weighted by Gasteiger charge is 2.18. The first-order valence-electron chi connectivity index (χ1n) is 10.2. The van der Waals surface area contributed by atoms with E-state index in [1.54, 1.807) is 24.3 Å². The van der Waals surface area contributed by atoms with E-state index in [1.807, 2.05) is 6.07 Å². The molecule has 1 amide bonds. The number of halogens is 1. The van der Waals surface area contributed by atoms with Crippen LogP contribution in [0.25, 0.3) is 6.08 Å². The van der Waals surface area contributed by atoms with Gasteiger partial charge in [0.15, 0.2) is 0 Å². The van der Waals surface area contributed by atoms with E-state index in [4.69, 9.17) is 0 Å². The van der Waals surface area contributed by atoms with Gasteiger partial charge in [0.1, 0.15) is 23.8 Å². The Kier molecular flexibility index (Phi) is 6.64. The van der Waals surface area contributed by atoms with Crippen LogP contribution < -0.4 is 10.2 Å². The summed E-state index contributed by atoms with van der Waals surface area (Å²) < 4.78 is 13.0. The van der Waals surface area contributed by atoms with Crippen molar-refractivity contribution < 1.29 is 9.18 Å². The van der Waals surface area contributed by atoms with Crippen molar-refractivity contribution in [2.24, 2.45) is 0 Å². The minimum Gasteiger partial charge on any atom is -0.354 e. The Morgan fingerprint density at radius 1 is 1.00 bits per heavy atom. The molecule has 0 bridgehead atoms. The number of nitrogens with one attached hydrogen (secondary N) is 1. The van der Waals surface area contributed by atoms with E-state index in [-0.39, 0.29) is 11.7 Å². The Bertz CT molecular complexity index is 1030. The van der Waals surface area contributed by atoms with Crippen LogP contribution in [0, 0.1) is 5.82 Å². The van der Waals surface area contributed by atoms with Gasteiger partial charge in [-0.1, -0.05) is 42.5 Å². The molecule has 1 aliphatic rings. The Morgan fingerprint density at radius 2 is 1.74 bits per heavy atom. The highest BCUT2D eigenvalue weighted by Crippen LogP contribution is 2.17. The third-order valence-electron chi connectivity index (χ3n) is 5.15. The largest absolute Gasteiger partial charge is 0.354 e. The van der Waals surface area contributed by atoms with Gasteiger partial charge in [0.25, 0.3) is 0 Å². The molecule has 1 N–H and O–H groups in total. The molecule has 1 aliphatic heterocycles. The molecule has 0 saturated carbocycles. The predicted molar refractivity (Wildman–Crippen MR) is 120 cm³/mol. The number of nitrogens with zero attached hydrogens (tertiary/aromatic N) is 4. The molecule has 0 unspecified atom stereocenters. The summed E-state index contributed by atoms with van der Waals surface area (Å²) in [6, 6.07) is 18.2. The first-order valence-corrected chi connectivity index (χ1v) is 10.2. The van der Waals surface area contributed by atoms with E-state index in [0.29, 0.717) is 5.82 Å². The first kappa shape index (κ1) is 20.7. The lowest BCUT2D eigenvalue weighted by molar-refractivity contribution is -0.111. The third kappa shape index (κ3) is 5.96. The van der Waals surface area contributed by atoms with E-state index in [1.165, 1.54) is 30.1 Å². The van der Waals surface area contributed by atoms with Crippen LogP contribution in [-0.4, -0.2) is 47.0 Å². The Balaban J connectivity index is 1.31. The molecule has 1 aromatic heterocycles. The van der Waals surface area contributed by atoms with Crippen molar-refractivity contribution in [1.82, 2.24) is 14.9 Å². The van der Waals surface area contributed by atoms with Crippen LogP contribution in [0.5, 0.6) is 0 Å². The second-order valence-corrected chi connectivity index (χ2v) is 7.38. The van der Waals surface area contributed by atoms with Gasteiger partial charge < -0.3 is 10.2 Å². The molecule has 4 rings (SSSR count). The van der Waals surface area contributed by atoms with Crippen LogP contribution in [0.3, 0.4) is 0 Å². The van der Waals surface area contributed by atoms with E-state index >= 15 is 0 Å². The van der Waals surface area contributed by atoms with Gasteiger partial charge in [-0.05, 0) is 29.3 Å². The fourth-order valence-corrected chi connectivity index (χ4v) is 3.48. The summed E-state index contributed by atoms with van der Waals surface area (Å²) >= 11 is 0. The molecule has 1 fully saturated rings. The standard InChI is InChI=1S/C24H24FN5O/c25-21-9-6-19(7-10-21)8-11-24(31)28-22-16-23(27-18-26-22)30-14-12-29(13-15-30)17-20-4-2-1-3-5-20/h1-11,16,18H,12-15,17H2,(H,26,27,28,31)/b11-8+. The summed E-state index contributed by atoms with van der Waals surface area (Å²) in [5.74, 6) is 0.635. The number of hydrogen-bond acceptors (Lipinski definition) is 5. The van der Waals surface area contributed by atoms with E-state index in [0.717, 1.165) is 44.1 Å². The third-order valence-corrected chi connectivity index (χ3v) is 5.15. The van der Waals surface area contributed by atoms with Gasteiger partial charge in [-0.2, -0.15) is 0 Å². The minimum atomic E-state index is -0.309. The van der Waals surface area contributed by atoms with Gasteiger partial charge in [0.05, 0.1) is 0 Å². The molecule has 0 radical (unpaired) electrons. The molecular weight excluding hydrogens is 393 g/mol. The van der Waals surface area contributed by atoms with E-state index in [9.17, 15) is 9.18 Å². The summed E-state index contributed by atoms with van der Waals surface area (Å²) in [6.07, 6.45) is 4.49. The topological polar surface area (TPSA) is 61.4 Å². The molecule has 0 aliphatic carbocycles. The molecule has 158 valence electrons. The second-order valence-electron chi connectivity index (χ2n) is 7.38. The molecule has 7 heteroatoms. The van der Waals surface area contributed by atoms with Gasteiger partial charge in [0.2, 0.25) is 5.91 Å². The summed E-state index contributed by atoms with van der Waals surface area (Å²) in [5, 5.41) is 2.76. The maximum absolute atomic E-state index is 13.0. The van der Waals surface area contributed by atoms with Crippen molar-refractivity contribution in [3.05, 3.63) is 90.0 Å². The zero-order valence-corrected chi connectivity index (χ0v) is 17.1. The van der Waals surface area contributed by atoms with E-state index < -0.39 is 0 Å². The highest BCUT2D eigenvalue weighted by atomic mass is 19.1. The summed E-state index contributed by atoms with van der Waals surface area (Å²) in [7, 11) is 0. The molecule has 6 nitrogen and oxygen atoms in total. The number of hydrogen-bond donors (Lipinski definition) is 1. The van der Waals surface area contributed by atoms with Gasteiger partial charge in [-0.3, -0.25) is 9.69 Å². The van der Waals surface area contributed by atoms with Crippen molar-refractivity contribution in [3.8, 4) is 0 Å². The number of anilines is 2. The quantitative estimate of drug-likeness (QED) is 0.621. The lowest BCUT2D eigenvalue weighted by Crippen LogP contribution is -2.46. The number of carbonyl (C=O) groups is 1. The molecule has 0 atom stereocenters. The molecule has 3 aromatic rings. The van der Waals surface area contributed by atoms with Crippen molar-refractivity contribution >= 4 is 23.6 Å². The van der Waals surface area contributed by atoms with Crippen LogP contribution in [0.2, 0.25) is 0 Å². The van der Waals surface area contributed by atoms with Gasteiger partial charge >= 0.3 is 0 Å². The average Bonchev–Trinajstić information content (AvgIpc) is 2.80. The molecule has 0 spiro atoms. The Labute approximate surface area is 181 Å². The molecule has 2 aromatic carbocycles. The van der Waals surface area contributed by atoms with E-state index in [2.05, 4.69) is 49.4 Å². The van der Waals surface area contributed by atoms with Crippen LogP contribution >= 0.6 is 0 Å². The number of aromatic nitrogens is 2. The fourth-order valence-electron chi connectivity index (χ4n) is 3.48. The van der Waals surface area contributed by atoms with Crippen molar-refractivity contribution in [3.63, 3.8) is 0 Å². The number of rotatable bonds is 6. The number of carbonyl (C=O) groups excluding carboxylic acids is 1. The van der Waals surface area contributed by atoms with Gasteiger partial charge in [-0.15, -0.1) is 0 Å². The molecule has 2 heterocycles. The Hall–Kier alpha value is -3.58. The van der Waals surface area contributed by atoms with Crippen molar-refractivity contribution in [2.45, 2.75) is 6.54 Å². The van der Waals surface area contributed by atoms with Crippen LogP contribution in [0.15, 0.2) is 73.1 Å². The number of amides is 1. The second kappa shape index (κ2) is 9.95. The molecular formula is C24H24FN5O. The van der Waals surface area contributed by atoms with Crippen LogP contribution in [0.4, 0.5) is 16.0 Å². The minimum absolute atomic E-state index is 0.304. The monoisotopic (exact) mass is 417 g/mol. The maximum Gasteiger partial charge on any atom is 0.249 e. The molecule has 31 heavy (non-hydrogen) atoms. The lowest BCUT2D eigenvalue weighted by Gasteiger charge is -2.35. The summed E-state index contributed by atoms with van der Waals surface area (Å²) in [5.41, 5.74) is 2.06. The van der Waals surface area contributed by atoms with Gasteiger partial charge in [0, 0.05) is 44.9 Å². The maximum atomic E-state index is 13.0.